The monoisotopic (exact) mass is 276 g/mol. The predicted molar refractivity (Wildman–Crippen MR) is 78.4 cm³/mol. The Hall–Kier alpha value is -2.02. The molecule has 2 rings (SSSR count). The molecule has 0 aliphatic heterocycles. The van der Waals surface area contributed by atoms with E-state index in [2.05, 4.69) is 26.9 Å². The second kappa shape index (κ2) is 6.95. The Morgan fingerprint density at radius 2 is 2.05 bits per heavy atom. The van der Waals surface area contributed by atoms with Crippen molar-refractivity contribution < 1.29 is 5.11 Å². The average Bonchev–Trinajstić information content (AvgIpc) is 2.47. The van der Waals surface area contributed by atoms with E-state index in [0.29, 0.717) is 29.3 Å². The van der Waals surface area contributed by atoms with Crippen LogP contribution in [0.15, 0.2) is 12.5 Å². The predicted octanol–water partition coefficient (Wildman–Crippen LogP) is 0.991. The number of unbranched alkanes of at least 4 members (excludes halogenated alkanes) is 2. The smallest absolute Gasteiger partial charge is 0.183 e. The molecule has 2 aromatic rings. The van der Waals surface area contributed by atoms with Gasteiger partial charge in [0.2, 0.25) is 0 Å². The molecular formula is C13H20N6O. The van der Waals surface area contributed by atoms with Crippen LogP contribution in [0.1, 0.15) is 26.2 Å². The number of fused-ring (bicyclic) bond motifs is 1. The topological polar surface area (TPSA) is 101 Å². The minimum Gasteiger partial charge on any atom is -0.395 e. The molecular weight excluding hydrogens is 256 g/mol. The average molecular weight is 276 g/mol. The summed E-state index contributed by atoms with van der Waals surface area (Å²) < 4.78 is 0. The van der Waals surface area contributed by atoms with Gasteiger partial charge in [0.05, 0.1) is 12.8 Å². The summed E-state index contributed by atoms with van der Waals surface area (Å²) in [6.07, 6.45) is 6.39. The highest BCUT2D eigenvalue weighted by atomic mass is 16.3. The number of nitrogens with two attached hydrogens (primary N) is 1. The highest BCUT2D eigenvalue weighted by Gasteiger charge is 2.11. The number of anilines is 2. The zero-order chi connectivity index (χ0) is 14.4. The van der Waals surface area contributed by atoms with Crippen molar-refractivity contribution in [1.82, 2.24) is 19.9 Å². The van der Waals surface area contributed by atoms with Crippen molar-refractivity contribution in [3.8, 4) is 0 Å². The number of rotatable bonds is 7. The number of aliphatic hydroxyl groups is 1. The van der Waals surface area contributed by atoms with Crippen molar-refractivity contribution in [1.29, 1.82) is 0 Å². The van der Waals surface area contributed by atoms with Crippen LogP contribution in [0.5, 0.6) is 0 Å². The third kappa shape index (κ3) is 3.30. The van der Waals surface area contributed by atoms with E-state index in [9.17, 15) is 5.11 Å². The summed E-state index contributed by atoms with van der Waals surface area (Å²) in [5.74, 6) is 1.02. The second-order valence-corrected chi connectivity index (χ2v) is 4.58. The number of aromatic nitrogens is 4. The van der Waals surface area contributed by atoms with Gasteiger partial charge in [-0.1, -0.05) is 19.8 Å². The van der Waals surface area contributed by atoms with E-state index in [4.69, 9.17) is 5.73 Å². The van der Waals surface area contributed by atoms with E-state index in [1.54, 1.807) is 6.20 Å². The summed E-state index contributed by atoms with van der Waals surface area (Å²) in [5, 5.41) is 9.18. The van der Waals surface area contributed by atoms with Crippen LogP contribution in [0, 0.1) is 0 Å². The third-order valence-electron chi connectivity index (χ3n) is 3.09. The number of nitrogen functional groups attached to an aromatic ring is 1. The summed E-state index contributed by atoms with van der Waals surface area (Å²) in [7, 11) is 0. The molecule has 0 unspecified atom stereocenters. The SMILES string of the molecule is CCCCCN(CCO)c1cnc2ncnc(N)c2n1. The first-order valence-electron chi connectivity index (χ1n) is 6.85. The van der Waals surface area contributed by atoms with E-state index in [1.165, 1.54) is 6.33 Å². The second-order valence-electron chi connectivity index (χ2n) is 4.58. The summed E-state index contributed by atoms with van der Waals surface area (Å²) >= 11 is 0. The zero-order valence-electron chi connectivity index (χ0n) is 11.7. The largest absolute Gasteiger partial charge is 0.395 e. The van der Waals surface area contributed by atoms with Crippen LogP contribution in [0.2, 0.25) is 0 Å². The standard InChI is InChI=1S/C13H20N6O/c1-2-3-4-5-19(6-7-20)10-8-15-13-11(18-10)12(14)16-9-17-13/h8-9,20H,2-7H2,1H3,(H2,14,15,16,17). The molecule has 3 N–H and O–H groups in total. The molecule has 0 aliphatic rings. The zero-order valence-corrected chi connectivity index (χ0v) is 11.7. The molecule has 0 saturated carbocycles. The van der Waals surface area contributed by atoms with Gasteiger partial charge in [-0.25, -0.2) is 19.9 Å². The van der Waals surface area contributed by atoms with Crippen LogP contribution in [0.3, 0.4) is 0 Å². The molecule has 0 aromatic carbocycles. The maximum Gasteiger partial charge on any atom is 0.183 e. The van der Waals surface area contributed by atoms with Gasteiger partial charge in [0, 0.05) is 13.1 Å². The number of aliphatic hydroxyl groups excluding tert-OH is 1. The Morgan fingerprint density at radius 3 is 2.80 bits per heavy atom. The molecule has 2 aromatic heterocycles. The first-order chi connectivity index (χ1) is 9.76. The maximum absolute atomic E-state index is 9.18. The third-order valence-corrected chi connectivity index (χ3v) is 3.09. The molecule has 108 valence electrons. The van der Waals surface area contributed by atoms with Crippen molar-refractivity contribution in [3.05, 3.63) is 12.5 Å². The van der Waals surface area contributed by atoms with E-state index in [-0.39, 0.29) is 6.61 Å². The van der Waals surface area contributed by atoms with Crippen LogP contribution in [0.25, 0.3) is 11.2 Å². The Morgan fingerprint density at radius 1 is 1.20 bits per heavy atom. The Labute approximate surface area is 117 Å². The fraction of sp³-hybridized carbons (Fsp3) is 0.538. The van der Waals surface area contributed by atoms with Gasteiger partial charge in [0.15, 0.2) is 17.0 Å². The van der Waals surface area contributed by atoms with Crippen LogP contribution < -0.4 is 10.6 Å². The molecule has 0 amide bonds. The van der Waals surface area contributed by atoms with Gasteiger partial charge in [-0.15, -0.1) is 0 Å². The first-order valence-corrected chi connectivity index (χ1v) is 6.85. The lowest BCUT2D eigenvalue weighted by Crippen LogP contribution is -2.28. The van der Waals surface area contributed by atoms with Gasteiger partial charge in [0.25, 0.3) is 0 Å². The number of nitrogens with zero attached hydrogens (tertiary/aromatic N) is 5. The van der Waals surface area contributed by atoms with Gasteiger partial charge < -0.3 is 15.7 Å². The first kappa shape index (κ1) is 14.4. The molecule has 7 heteroatoms. The summed E-state index contributed by atoms with van der Waals surface area (Å²) in [6.45, 7) is 3.59. The van der Waals surface area contributed by atoms with Crippen molar-refractivity contribution in [3.63, 3.8) is 0 Å². The molecule has 0 aliphatic carbocycles. The Bertz CT molecular complexity index is 562. The van der Waals surface area contributed by atoms with Crippen molar-refractivity contribution in [2.45, 2.75) is 26.2 Å². The van der Waals surface area contributed by atoms with E-state index in [1.807, 2.05) is 4.90 Å². The van der Waals surface area contributed by atoms with Crippen molar-refractivity contribution in [2.24, 2.45) is 0 Å². The minimum absolute atomic E-state index is 0.0760. The normalized spacial score (nSPS) is 10.9. The molecule has 0 spiro atoms. The maximum atomic E-state index is 9.18. The van der Waals surface area contributed by atoms with Gasteiger partial charge in [-0.3, -0.25) is 0 Å². The highest BCUT2D eigenvalue weighted by Crippen LogP contribution is 2.17. The fourth-order valence-electron chi connectivity index (χ4n) is 2.01. The van der Waals surface area contributed by atoms with E-state index >= 15 is 0 Å². The van der Waals surface area contributed by atoms with E-state index in [0.717, 1.165) is 25.8 Å². The molecule has 0 bridgehead atoms. The summed E-state index contributed by atoms with van der Waals surface area (Å²) in [4.78, 5) is 18.7. The molecule has 2 heterocycles. The van der Waals surface area contributed by atoms with Crippen LogP contribution in [-0.4, -0.2) is 44.7 Å². The van der Waals surface area contributed by atoms with Crippen molar-refractivity contribution >= 4 is 22.8 Å². The fourth-order valence-corrected chi connectivity index (χ4v) is 2.01. The molecule has 0 fully saturated rings. The van der Waals surface area contributed by atoms with Crippen LogP contribution >= 0.6 is 0 Å². The summed E-state index contributed by atoms with van der Waals surface area (Å²) in [6, 6.07) is 0. The Kier molecular flexibility index (Phi) is 5.00. The molecule has 0 saturated heterocycles. The van der Waals surface area contributed by atoms with E-state index < -0.39 is 0 Å². The highest BCUT2D eigenvalue weighted by molar-refractivity contribution is 5.81. The lowest BCUT2D eigenvalue weighted by atomic mass is 10.2. The van der Waals surface area contributed by atoms with Gasteiger partial charge in [0.1, 0.15) is 12.1 Å². The van der Waals surface area contributed by atoms with Crippen LogP contribution in [0.4, 0.5) is 11.6 Å². The Balaban J connectivity index is 2.25. The van der Waals surface area contributed by atoms with Crippen molar-refractivity contribution in [2.75, 3.05) is 30.3 Å². The lowest BCUT2D eigenvalue weighted by Gasteiger charge is -2.22. The lowest BCUT2D eigenvalue weighted by molar-refractivity contribution is 0.301. The number of hydrogen-bond acceptors (Lipinski definition) is 7. The quantitative estimate of drug-likeness (QED) is 0.727. The molecule has 20 heavy (non-hydrogen) atoms. The van der Waals surface area contributed by atoms with Gasteiger partial charge in [-0.05, 0) is 6.42 Å². The van der Waals surface area contributed by atoms with Gasteiger partial charge >= 0.3 is 0 Å². The van der Waals surface area contributed by atoms with Crippen LogP contribution in [-0.2, 0) is 0 Å². The minimum atomic E-state index is 0.0760. The number of hydrogen-bond donors (Lipinski definition) is 2. The summed E-state index contributed by atoms with van der Waals surface area (Å²) in [5.41, 5.74) is 6.79. The molecule has 0 radical (unpaired) electrons. The molecule has 7 nitrogen and oxygen atoms in total. The molecule has 0 atom stereocenters. The van der Waals surface area contributed by atoms with Gasteiger partial charge in [-0.2, -0.15) is 0 Å².